The normalized spacial score (nSPS) is 12.3. The summed E-state index contributed by atoms with van der Waals surface area (Å²) in [5.41, 5.74) is 7.59. The molecule has 0 atom stereocenters. The lowest BCUT2D eigenvalue weighted by Crippen LogP contribution is -2.43. The number of nitrogens with two attached hydrogens (primary N) is 1. The zero-order chi connectivity index (χ0) is 25.5. The first-order valence-corrected chi connectivity index (χ1v) is 10.9. The van der Waals surface area contributed by atoms with Crippen LogP contribution in [-0.4, -0.2) is 36.5 Å². The Morgan fingerprint density at radius 2 is 1.97 bits per heavy atom. The van der Waals surface area contributed by atoms with Gasteiger partial charge in [0.15, 0.2) is 11.6 Å². The molecule has 1 heterocycles. The predicted octanol–water partition coefficient (Wildman–Crippen LogP) is 2.84. The summed E-state index contributed by atoms with van der Waals surface area (Å²) in [5, 5.41) is 21.8. The first-order chi connectivity index (χ1) is 16.7. The van der Waals surface area contributed by atoms with Crippen LogP contribution < -0.4 is 27.3 Å². The van der Waals surface area contributed by atoms with Crippen LogP contribution in [0.4, 0.5) is 16.0 Å². The molecule has 3 rings (SSSR count). The van der Waals surface area contributed by atoms with E-state index in [4.69, 9.17) is 27.3 Å². The van der Waals surface area contributed by atoms with E-state index in [1.54, 1.807) is 38.1 Å². The fraction of sp³-hybridized carbons (Fsp3) is 0.273. The summed E-state index contributed by atoms with van der Waals surface area (Å²) in [6.07, 6.45) is -0.210. The lowest BCUT2D eigenvalue weighted by molar-refractivity contribution is 0.231. The molecule has 0 aliphatic carbocycles. The second-order valence-electron chi connectivity index (χ2n) is 7.73. The van der Waals surface area contributed by atoms with E-state index in [-0.39, 0.29) is 54.5 Å². The Hall–Kier alpha value is -3.90. The number of hydrogen-bond donors (Lipinski definition) is 4. The molecular weight excluding hydrogens is 481 g/mol. The summed E-state index contributed by atoms with van der Waals surface area (Å²) in [6.45, 7) is 3.55. The third kappa shape index (κ3) is 6.58. The zero-order valence-electron chi connectivity index (χ0n) is 19.0. The Kier molecular flexibility index (Phi) is 8.44. The van der Waals surface area contributed by atoms with E-state index in [0.717, 1.165) is 10.6 Å². The average Bonchev–Trinajstić information content (AvgIpc) is 2.83. The van der Waals surface area contributed by atoms with Gasteiger partial charge < -0.3 is 15.7 Å². The highest BCUT2D eigenvalue weighted by molar-refractivity contribution is 6.30. The molecule has 0 saturated heterocycles. The van der Waals surface area contributed by atoms with Crippen LogP contribution in [0.25, 0.3) is 0 Å². The van der Waals surface area contributed by atoms with Gasteiger partial charge in [0, 0.05) is 24.1 Å². The highest BCUT2D eigenvalue weighted by Crippen LogP contribution is 2.23. The van der Waals surface area contributed by atoms with Crippen LogP contribution in [0.15, 0.2) is 57.4 Å². The molecule has 13 heteroatoms. The number of nitrogens with one attached hydrogen (secondary N) is 1. The maximum absolute atomic E-state index is 14.5. The molecule has 1 aromatic heterocycles. The van der Waals surface area contributed by atoms with Crippen LogP contribution in [-0.2, 0) is 13.1 Å². The van der Waals surface area contributed by atoms with E-state index in [0.29, 0.717) is 10.6 Å². The highest BCUT2D eigenvalue weighted by Gasteiger charge is 2.14. The van der Waals surface area contributed by atoms with Gasteiger partial charge in [0.05, 0.1) is 18.3 Å². The molecule has 0 fully saturated rings. The van der Waals surface area contributed by atoms with Crippen molar-refractivity contribution in [1.82, 2.24) is 14.1 Å². The number of hydrogen-bond acceptors (Lipinski definition) is 8. The van der Waals surface area contributed by atoms with Crippen molar-refractivity contribution in [2.45, 2.75) is 39.5 Å². The molecule has 0 aliphatic rings. The molecule has 5 N–H and O–H groups in total. The first-order valence-electron chi connectivity index (χ1n) is 10.6. The quantitative estimate of drug-likeness (QED) is 0.151. The molecule has 2 aromatic carbocycles. The number of anilines is 1. The standard InChI is InChI=1S/C22H25ClFN7O4/c1-13(2)35-18-8-7-16(11-17(18)24)26-20-27-21(29-34)30(10-9-19(25)28-33)22(32)31(20)12-14-3-5-15(23)6-4-14/h3-8,11,13,33-34H,9-10,12H2,1-2H3,(H2,25,28)(H,26,27,29). The summed E-state index contributed by atoms with van der Waals surface area (Å²) in [6, 6.07) is 10.9. The van der Waals surface area contributed by atoms with Crippen molar-refractivity contribution < 1.29 is 19.5 Å². The van der Waals surface area contributed by atoms with Gasteiger partial charge in [-0.05, 0) is 43.7 Å². The smallest absolute Gasteiger partial charge is 0.334 e. The number of rotatable bonds is 9. The van der Waals surface area contributed by atoms with Crippen LogP contribution in [0.2, 0.25) is 5.02 Å². The number of oxime groups is 1. The summed E-state index contributed by atoms with van der Waals surface area (Å²) in [5.74, 6) is -0.904. The van der Waals surface area contributed by atoms with Gasteiger partial charge in [0.1, 0.15) is 5.84 Å². The van der Waals surface area contributed by atoms with Crippen LogP contribution in [0, 0.1) is 5.82 Å². The van der Waals surface area contributed by atoms with Gasteiger partial charge >= 0.3 is 5.69 Å². The first kappa shape index (κ1) is 25.7. The monoisotopic (exact) mass is 505 g/mol. The van der Waals surface area contributed by atoms with Crippen molar-refractivity contribution in [1.29, 1.82) is 0 Å². The van der Waals surface area contributed by atoms with Crippen molar-refractivity contribution in [2.75, 3.05) is 5.48 Å². The number of amidine groups is 1. The molecule has 0 unspecified atom stereocenters. The molecule has 0 bridgehead atoms. The summed E-state index contributed by atoms with van der Waals surface area (Å²) in [4.78, 5) is 22.0. The Morgan fingerprint density at radius 3 is 2.57 bits per heavy atom. The second-order valence-corrected chi connectivity index (χ2v) is 8.16. The van der Waals surface area contributed by atoms with E-state index in [1.165, 1.54) is 16.7 Å². The molecule has 186 valence electrons. The van der Waals surface area contributed by atoms with Crippen molar-refractivity contribution in [3.63, 3.8) is 0 Å². The van der Waals surface area contributed by atoms with E-state index in [2.05, 4.69) is 15.1 Å². The third-order valence-corrected chi connectivity index (χ3v) is 5.00. The number of ether oxygens (including phenoxy) is 1. The zero-order valence-corrected chi connectivity index (χ0v) is 19.8. The summed E-state index contributed by atoms with van der Waals surface area (Å²) >= 11 is 5.96. The van der Waals surface area contributed by atoms with Crippen molar-refractivity contribution >= 4 is 29.1 Å². The van der Waals surface area contributed by atoms with Gasteiger partial charge in [-0.15, -0.1) is 0 Å². The average molecular weight is 506 g/mol. The highest BCUT2D eigenvalue weighted by atomic mass is 35.5. The predicted molar refractivity (Wildman–Crippen MR) is 128 cm³/mol. The van der Waals surface area contributed by atoms with Crippen LogP contribution >= 0.6 is 11.6 Å². The van der Waals surface area contributed by atoms with Gasteiger partial charge in [-0.25, -0.2) is 19.7 Å². The van der Waals surface area contributed by atoms with Gasteiger partial charge in [-0.2, -0.15) is 4.98 Å². The fourth-order valence-corrected chi connectivity index (χ4v) is 3.25. The maximum atomic E-state index is 14.5. The molecule has 0 spiro atoms. The Balaban J connectivity index is 2.16. The molecule has 3 aromatic rings. The molecule has 11 nitrogen and oxygen atoms in total. The molecule has 0 amide bonds. The molecular formula is C22H25ClFN7O4. The van der Waals surface area contributed by atoms with E-state index < -0.39 is 11.5 Å². The second kappa shape index (κ2) is 11.5. The molecule has 35 heavy (non-hydrogen) atoms. The summed E-state index contributed by atoms with van der Waals surface area (Å²) < 4.78 is 22.3. The largest absolute Gasteiger partial charge is 0.488 e. The molecule has 0 saturated carbocycles. The Bertz CT molecular complexity index is 1340. The van der Waals surface area contributed by atoms with Gasteiger partial charge in [0.25, 0.3) is 0 Å². The number of benzene rings is 2. The third-order valence-electron chi connectivity index (χ3n) is 4.75. The lowest BCUT2D eigenvalue weighted by Gasteiger charge is -2.15. The minimum absolute atomic E-state index is 0.00667. The molecule has 0 aliphatic heterocycles. The minimum atomic E-state index is -0.628. The van der Waals surface area contributed by atoms with Gasteiger partial charge in [-0.3, -0.25) is 14.3 Å². The number of aromatic nitrogens is 3. The SMILES string of the molecule is CC(C)Oc1ccc(N=c2nc(NO)n(CC/C(N)=N/O)c(=O)n2Cc2ccc(Cl)cc2)cc1F. The van der Waals surface area contributed by atoms with Crippen LogP contribution in [0.5, 0.6) is 5.75 Å². The van der Waals surface area contributed by atoms with Crippen molar-refractivity contribution in [3.8, 4) is 5.75 Å². The lowest BCUT2D eigenvalue weighted by atomic mass is 10.2. The molecule has 0 radical (unpaired) electrons. The minimum Gasteiger partial charge on any atom is -0.488 e. The Labute approximate surface area is 204 Å². The van der Waals surface area contributed by atoms with E-state index in [9.17, 15) is 14.4 Å². The van der Waals surface area contributed by atoms with Gasteiger partial charge in [-0.1, -0.05) is 28.9 Å². The number of nitrogens with zero attached hydrogens (tertiary/aromatic N) is 5. The maximum Gasteiger partial charge on any atom is 0.334 e. The number of halogens is 2. The Morgan fingerprint density at radius 1 is 1.26 bits per heavy atom. The van der Waals surface area contributed by atoms with Crippen LogP contribution in [0.1, 0.15) is 25.8 Å². The van der Waals surface area contributed by atoms with Crippen molar-refractivity contribution in [3.05, 3.63) is 75.0 Å². The van der Waals surface area contributed by atoms with E-state index >= 15 is 0 Å². The van der Waals surface area contributed by atoms with Gasteiger partial charge in [0.2, 0.25) is 11.6 Å². The van der Waals surface area contributed by atoms with Crippen LogP contribution in [0.3, 0.4) is 0 Å². The van der Waals surface area contributed by atoms with E-state index in [1.807, 2.05) is 5.48 Å². The topological polar surface area (TPSA) is 152 Å². The van der Waals surface area contributed by atoms with Crippen molar-refractivity contribution in [2.24, 2.45) is 15.9 Å². The fourth-order valence-electron chi connectivity index (χ4n) is 3.12. The summed E-state index contributed by atoms with van der Waals surface area (Å²) in [7, 11) is 0.